The second kappa shape index (κ2) is 14.2. The third kappa shape index (κ3) is 6.47. The minimum atomic E-state index is -1.45. The van der Waals surface area contributed by atoms with E-state index in [1.54, 1.807) is 11.0 Å². The van der Waals surface area contributed by atoms with Crippen molar-refractivity contribution in [2.75, 3.05) is 13.6 Å². The van der Waals surface area contributed by atoms with E-state index in [9.17, 15) is 4.79 Å². The molecule has 4 atom stereocenters. The number of carbonyl (C=O) groups excluding carboxylic acids is 1. The molecule has 2 bridgehead atoms. The minimum Gasteiger partial charge on any atom is -0.342 e. The van der Waals surface area contributed by atoms with Gasteiger partial charge in [-0.1, -0.05) is 124 Å². The van der Waals surface area contributed by atoms with Crippen molar-refractivity contribution >= 4 is 75.5 Å². The summed E-state index contributed by atoms with van der Waals surface area (Å²) < 4.78 is -1.45. The molecular formula is C27H41Cl6NO. The molecule has 1 saturated carbocycles. The molecule has 0 aromatic carbocycles. The Kier molecular flexibility index (Phi) is 12.9. The van der Waals surface area contributed by atoms with E-state index in [1.807, 2.05) is 7.05 Å². The lowest BCUT2D eigenvalue weighted by Gasteiger charge is -2.37. The average Bonchev–Trinajstić information content (AvgIpc) is 3.01. The van der Waals surface area contributed by atoms with Crippen LogP contribution in [0.1, 0.15) is 96.8 Å². The summed E-state index contributed by atoms with van der Waals surface area (Å²) in [6, 6.07) is 0. The van der Waals surface area contributed by atoms with E-state index >= 15 is 0 Å². The molecule has 0 unspecified atom stereocenters. The van der Waals surface area contributed by atoms with Gasteiger partial charge in [-0.3, -0.25) is 4.79 Å². The highest BCUT2D eigenvalue weighted by atomic mass is 35.5. The van der Waals surface area contributed by atoms with Crippen molar-refractivity contribution in [2.24, 2.45) is 11.8 Å². The number of allylic oxidation sites excluding steroid dienone is 2. The van der Waals surface area contributed by atoms with Gasteiger partial charge in [0.25, 0.3) is 0 Å². The monoisotopic (exact) mass is 605 g/mol. The zero-order valence-electron chi connectivity index (χ0n) is 21.2. The van der Waals surface area contributed by atoms with Crippen LogP contribution < -0.4 is 0 Å². The van der Waals surface area contributed by atoms with Crippen molar-refractivity contribution in [3.05, 3.63) is 22.7 Å². The standard InChI is InChI=1S/C27H41Cl6NO/c1-4-6-7-8-10-13-16-20-21(26(31)24(29)23(28)25(20,30)27(26,32)33)17-14-11-9-12-15-18-22(35)34(3)19-5-2/h5,20-21H,2,4,6-19H2,1,3H3/t20-,21+,25-,26-/m0/s1. The van der Waals surface area contributed by atoms with E-state index in [4.69, 9.17) is 69.6 Å². The Morgan fingerprint density at radius 2 is 1.26 bits per heavy atom. The van der Waals surface area contributed by atoms with Crippen LogP contribution in [0.5, 0.6) is 0 Å². The Morgan fingerprint density at radius 1 is 0.829 bits per heavy atom. The Bertz CT molecular complexity index is 756. The fourth-order valence-electron chi connectivity index (χ4n) is 5.81. The number of unbranched alkanes of at least 4 members (excludes halogenated alkanes) is 9. The molecule has 2 aliphatic carbocycles. The number of hydrogen-bond donors (Lipinski definition) is 0. The fraction of sp³-hybridized carbons (Fsp3) is 0.815. The lowest BCUT2D eigenvalue weighted by molar-refractivity contribution is -0.129. The number of nitrogens with zero attached hydrogens (tertiary/aromatic N) is 1. The average molecular weight is 608 g/mol. The topological polar surface area (TPSA) is 20.3 Å². The Morgan fingerprint density at radius 3 is 1.71 bits per heavy atom. The summed E-state index contributed by atoms with van der Waals surface area (Å²) in [5.41, 5.74) is 0. The highest BCUT2D eigenvalue weighted by Gasteiger charge is 2.81. The molecule has 1 fully saturated rings. The molecule has 0 aromatic rings. The summed E-state index contributed by atoms with van der Waals surface area (Å²) in [7, 11) is 1.81. The number of amides is 1. The maximum atomic E-state index is 12.0. The Hall–Kier alpha value is 0.690. The fourth-order valence-corrected chi connectivity index (χ4v) is 8.96. The first-order chi connectivity index (χ1) is 16.5. The predicted octanol–water partition coefficient (Wildman–Crippen LogP) is 10.2. The lowest BCUT2D eigenvalue weighted by atomic mass is 9.76. The van der Waals surface area contributed by atoms with Crippen LogP contribution >= 0.6 is 69.6 Å². The molecule has 1 amide bonds. The molecule has 0 aliphatic heterocycles. The third-order valence-electron chi connectivity index (χ3n) is 7.86. The van der Waals surface area contributed by atoms with Crippen LogP contribution in [0.2, 0.25) is 0 Å². The summed E-state index contributed by atoms with van der Waals surface area (Å²) in [6.07, 6.45) is 16.2. The first-order valence-corrected chi connectivity index (χ1v) is 15.4. The number of hydrogen-bond acceptors (Lipinski definition) is 1. The zero-order valence-corrected chi connectivity index (χ0v) is 25.7. The van der Waals surface area contributed by atoms with Gasteiger partial charge in [-0.25, -0.2) is 0 Å². The van der Waals surface area contributed by atoms with E-state index < -0.39 is 14.1 Å². The number of alkyl halides is 4. The van der Waals surface area contributed by atoms with Crippen LogP contribution in [0, 0.1) is 11.8 Å². The molecule has 0 radical (unpaired) electrons. The van der Waals surface area contributed by atoms with Crippen molar-refractivity contribution in [1.29, 1.82) is 0 Å². The number of carbonyl (C=O) groups is 1. The van der Waals surface area contributed by atoms with Crippen LogP contribution in [0.3, 0.4) is 0 Å². The summed E-state index contributed by atoms with van der Waals surface area (Å²) in [6.45, 7) is 6.49. The molecule has 0 saturated heterocycles. The second-order valence-corrected chi connectivity index (χ2v) is 13.5. The van der Waals surface area contributed by atoms with Crippen molar-refractivity contribution in [2.45, 2.75) is 111 Å². The van der Waals surface area contributed by atoms with Crippen LogP contribution in [-0.2, 0) is 4.79 Å². The first kappa shape index (κ1) is 31.9. The van der Waals surface area contributed by atoms with Gasteiger partial charge in [0.15, 0.2) is 4.33 Å². The molecule has 2 rings (SSSR count). The summed E-state index contributed by atoms with van der Waals surface area (Å²) in [4.78, 5) is 11.4. The smallest absolute Gasteiger partial charge is 0.222 e. The van der Waals surface area contributed by atoms with Crippen molar-refractivity contribution in [1.82, 2.24) is 4.90 Å². The summed E-state index contributed by atoms with van der Waals surface area (Å²) in [5, 5.41) is 0.631. The Balaban J connectivity index is 1.91. The van der Waals surface area contributed by atoms with E-state index in [1.165, 1.54) is 25.7 Å². The van der Waals surface area contributed by atoms with Gasteiger partial charge >= 0.3 is 0 Å². The maximum Gasteiger partial charge on any atom is 0.222 e. The van der Waals surface area contributed by atoms with Gasteiger partial charge < -0.3 is 4.90 Å². The molecule has 2 aliphatic rings. The van der Waals surface area contributed by atoms with Gasteiger partial charge in [-0.2, -0.15) is 0 Å². The molecule has 202 valence electrons. The number of halogens is 6. The van der Waals surface area contributed by atoms with Crippen molar-refractivity contribution < 1.29 is 4.79 Å². The van der Waals surface area contributed by atoms with Gasteiger partial charge in [0, 0.05) is 20.0 Å². The molecule has 0 N–H and O–H groups in total. The lowest BCUT2D eigenvalue weighted by Crippen LogP contribution is -2.44. The maximum absolute atomic E-state index is 12.0. The summed E-state index contributed by atoms with van der Waals surface area (Å²) in [5.74, 6) is 0.118. The van der Waals surface area contributed by atoms with E-state index in [-0.39, 0.29) is 17.7 Å². The molecule has 8 heteroatoms. The highest BCUT2D eigenvalue weighted by Crippen LogP contribution is 2.77. The number of rotatable bonds is 17. The van der Waals surface area contributed by atoms with Crippen LogP contribution in [0.15, 0.2) is 22.7 Å². The van der Waals surface area contributed by atoms with Gasteiger partial charge in [0.05, 0.1) is 10.1 Å². The first-order valence-electron chi connectivity index (χ1n) is 13.2. The number of likely N-dealkylation sites (N-methyl/N-ethyl adjacent to an activating group) is 1. The third-order valence-corrected chi connectivity index (χ3v) is 12.2. The normalized spacial score (nSPS) is 29.1. The van der Waals surface area contributed by atoms with Gasteiger partial charge in [-0.15, -0.1) is 29.8 Å². The van der Waals surface area contributed by atoms with E-state index in [0.29, 0.717) is 23.0 Å². The molecule has 0 spiro atoms. The van der Waals surface area contributed by atoms with Gasteiger partial charge in [0.1, 0.15) is 9.75 Å². The number of fused-ring (bicyclic) bond motifs is 2. The summed E-state index contributed by atoms with van der Waals surface area (Å²) >= 11 is 41.3. The van der Waals surface area contributed by atoms with E-state index in [0.717, 1.165) is 57.8 Å². The second-order valence-electron chi connectivity index (χ2n) is 10.3. The predicted molar refractivity (Wildman–Crippen MR) is 155 cm³/mol. The Labute approximate surface area is 243 Å². The minimum absolute atomic E-state index is 0.0177. The quantitative estimate of drug-likeness (QED) is 0.0915. The van der Waals surface area contributed by atoms with Crippen LogP contribution in [0.4, 0.5) is 0 Å². The molecule has 0 heterocycles. The SMILES string of the molecule is C=CCN(C)C(=O)CCCCCCC[C@@H]1[C@H](CCCCCCCC)[C@]2(Cl)C(Cl)=C(Cl)[C@]1(Cl)C2(Cl)Cl. The van der Waals surface area contributed by atoms with Crippen LogP contribution in [0.25, 0.3) is 0 Å². The van der Waals surface area contributed by atoms with Gasteiger partial charge in [0.2, 0.25) is 5.91 Å². The van der Waals surface area contributed by atoms with E-state index in [2.05, 4.69) is 13.5 Å². The van der Waals surface area contributed by atoms with Crippen LogP contribution in [-0.4, -0.2) is 38.5 Å². The largest absolute Gasteiger partial charge is 0.342 e. The van der Waals surface area contributed by atoms with Crippen molar-refractivity contribution in [3.8, 4) is 0 Å². The highest BCUT2D eigenvalue weighted by molar-refractivity contribution is 6.65. The molecule has 0 aromatic heterocycles. The van der Waals surface area contributed by atoms with Gasteiger partial charge in [-0.05, 0) is 31.1 Å². The molecule has 2 nitrogen and oxygen atoms in total. The van der Waals surface area contributed by atoms with Crippen molar-refractivity contribution in [3.63, 3.8) is 0 Å². The zero-order chi connectivity index (χ0) is 26.3. The molecule has 35 heavy (non-hydrogen) atoms. The molecular weight excluding hydrogens is 567 g/mol.